The highest BCUT2D eigenvalue weighted by Gasteiger charge is 2.19. The first kappa shape index (κ1) is 14.2. The van der Waals surface area contributed by atoms with Gasteiger partial charge in [-0.25, -0.2) is 13.6 Å². The lowest BCUT2D eigenvalue weighted by molar-refractivity contribution is 0.0770. The van der Waals surface area contributed by atoms with Crippen molar-refractivity contribution in [1.82, 2.24) is 4.90 Å². The maximum absolute atomic E-state index is 12.3. The van der Waals surface area contributed by atoms with Crippen molar-refractivity contribution < 1.29 is 13.2 Å². The van der Waals surface area contributed by atoms with Gasteiger partial charge in [0.2, 0.25) is 10.0 Å². The van der Waals surface area contributed by atoms with E-state index in [-0.39, 0.29) is 10.8 Å². The first-order valence-electron chi connectivity index (χ1n) is 5.65. The Morgan fingerprint density at radius 2 is 2.00 bits per heavy atom. The van der Waals surface area contributed by atoms with Crippen LogP contribution >= 0.6 is 15.9 Å². The largest absolute Gasteiger partial charge is 0.335 e. The van der Waals surface area contributed by atoms with Gasteiger partial charge in [-0.1, -0.05) is 28.1 Å². The van der Waals surface area contributed by atoms with Gasteiger partial charge < -0.3 is 4.90 Å². The molecule has 102 valence electrons. The van der Waals surface area contributed by atoms with Crippen LogP contribution in [0.3, 0.4) is 0 Å². The zero-order valence-electron chi connectivity index (χ0n) is 10.0. The highest BCUT2D eigenvalue weighted by molar-refractivity contribution is 9.10. The topological polar surface area (TPSA) is 80.5 Å². The van der Waals surface area contributed by atoms with Crippen molar-refractivity contribution in [3.05, 3.63) is 40.4 Å². The van der Waals surface area contributed by atoms with Gasteiger partial charge in [0.1, 0.15) is 0 Å². The first-order chi connectivity index (χ1) is 8.88. The molecule has 2 rings (SSSR count). The molecule has 0 radical (unpaired) electrons. The highest BCUT2D eigenvalue weighted by atomic mass is 79.9. The molecular weight excluding hydrogens is 332 g/mol. The number of nitrogens with two attached hydrogens (primary N) is 1. The summed E-state index contributed by atoms with van der Waals surface area (Å²) in [5.41, 5.74) is 0.314. The first-order valence-corrected chi connectivity index (χ1v) is 7.99. The molecule has 1 amide bonds. The number of benzene rings is 1. The molecule has 1 aliphatic rings. The van der Waals surface area contributed by atoms with Crippen molar-refractivity contribution in [3.63, 3.8) is 0 Å². The van der Waals surface area contributed by atoms with E-state index in [1.54, 1.807) is 11.0 Å². The summed E-state index contributed by atoms with van der Waals surface area (Å²) in [6, 6.07) is 4.28. The number of nitrogens with zero attached hydrogens (tertiary/aromatic N) is 1. The van der Waals surface area contributed by atoms with Gasteiger partial charge in [-0.3, -0.25) is 4.79 Å². The third-order valence-corrected chi connectivity index (χ3v) is 4.14. The lowest BCUT2D eigenvalue weighted by atomic mass is 10.1. The Balaban J connectivity index is 2.37. The molecule has 7 heteroatoms. The van der Waals surface area contributed by atoms with Crippen molar-refractivity contribution in [2.24, 2.45) is 5.14 Å². The van der Waals surface area contributed by atoms with Crippen molar-refractivity contribution >= 4 is 31.9 Å². The minimum absolute atomic E-state index is 0.0715. The van der Waals surface area contributed by atoms with E-state index < -0.39 is 10.0 Å². The quantitative estimate of drug-likeness (QED) is 0.825. The second-order valence-corrected chi connectivity index (χ2v) is 6.71. The third-order valence-electron chi connectivity index (χ3n) is 2.79. The molecule has 2 N–H and O–H groups in total. The summed E-state index contributed by atoms with van der Waals surface area (Å²) in [5.74, 6) is -0.199. The van der Waals surface area contributed by atoms with E-state index in [1.165, 1.54) is 12.1 Å². The van der Waals surface area contributed by atoms with Crippen LogP contribution < -0.4 is 5.14 Å². The molecule has 1 heterocycles. The third kappa shape index (κ3) is 3.43. The van der Waals surface area contributed by atoms with Crippen LogP contribution in [0.25, 0.3) is 0 Å². The van der Waals surface area contributed by atoms with Gasteiger partial charge in [0, 0.05) is 23.1 Å². The average molecular weight is 345 g/mol. The van der Waals surface area contributed by atoms with Crippen LogP contribution in [0.2, 0.25) is 0 Å². The fourth-order valence-corrected chi connectivity index (χ4v) is 3.09. The molecule has 0 saturated heterocycles. The van der Waals surface area contributed by atoms with Gasteiger partial charge in [-0.05, 0) is 24.6 Å². The Morgan fingerprint density at radius 3 is 2.58 bits per heavy atom. The minimum atomic E-state index is -3.83. The van der Waals surface area contributed by atoms with Gasteiger partial charge in [-0.15, -0.1) is 0 Å². The van der Waals surface area contributed by atoms with E-state index in [0.29, 0.717) is 23.1 Å². The predicted octanol–water partition coefficient (Wildman–Crippen LogP) is 1.50. The van der Waals surface area contributed by atoms with Crippen molar-refractivity contribution in [3.8, 4) is 0 Å². The maximum Gasteiger partial charge on any atom is 0.254 e. The molecule has 0 unspecified atom stereocenters. The number of rotatable bonds is 2. The van der Waals surface area contributed by atoms with Crippen LogP contribution in [0.15, 0.2) is 39.7 Å². The Kier molecular flexibility index (Phi) is 4.07. The monoisotopic (exact) mass is 344 g/mol. The summed E-state index contributed by atoms with van der Waals surface area (Å²) >= 11 is 3.19. The SMILES string of the molecule is NS(=O)(=O)c1cc(Br)cc(C(=O)N2CC=CCC2)c1. The fraction of sp³-hybridized carbons (Fsp3) is 0.250. The van der Waals surface area contributed by atoms with Gasteiger partial charge in [0.05, 0.1) is 4.90 Å². The molecule has 1 aliphatic heterocycles. The van der Waals surface area contributed by atoms with Crippen molar-refractivity contribution in [1.29, 1.82) is 0 Å². The van der Waals surface area contributed by atoms with Gasteiger partial charge in [-0.2, -0.15) is 0 Å². The Bertz CT molecular complexity index is 640. The van der Waals surface area contributed by atoms with Crippen LogP contribution in [-0.2, 0) is 10.0 Å². The maximum atomic E-state index is 12.3. The molecule has 19 heavy (non-hydrogen) atoms. The summed E-state index contributed by atoms with van der Waals surface area (Å²) in [7, 11) is -3.83. The Morgan fingerprint density at radius 1 is 1.26 bits per heavy atom. The Labute approximate surface area is 120 Å². The molecule has 1 aromatic carbocycles. The molecule has 0 atom stereocenters. The van der Waals surface area contributed by atoms with Crippen LogP contribution in [0.4, 0.5) is 0 Å². The van der Waals surface area contributed by atoms with Crippen LogP contribution in [0.5, 0.6) is 0 Å². The smallest absolute Gasteiger partial charge is 0.254 e. The molecule has 0 bridgehead atoms. The number of carbonyl (C=O) groups is 1. The fourth-order valence-electron chi connectivity index (χ4n) is 1.86. The number of carbonyl (C=O) groups excluding carboxylic acids is 1. The van der Waals surface area contributed by atoms with Crippen molar-refractivity contribution in [2.45, 2.75) is 11.3 Å². The molecule has 0 aliphatic carbocycles. The van der Waals surface area contributed by atoms with E-state index in [0.717, 1.165) is 6.42 Å². The lowest BCUT2D eigenvalue weighted by Gasteiger charge is -2.23. The molecule has 0 spiro atoms. The number of sulfonamides is 1. The highest BCUT2D eigenvalue weighted by Crippen LogP contribution is 2.20. The predicted molar refractivity (Wildman–Crippen MR) is 75.2 cm³/mol. The van der Waals surface area contributed by atoms with Gasteiger partial charge in [0.15, 0.2) is 0 Å². The number of hydrogen-bond acceptors (Lipinski definition) is 3. The molecule has 1 aromatic rings. The molecular formula is C12H13BrN2O3S. The Hall–Kier alpha value is -1.18. The van der Waals surface area contributed by atoms with E-state index in [9.17, 15) is 13.2 Å². The van der Waals surface area contributed by atoms with Gasteiger partial charge >= 0.3 is 0 Å². The minimum Gasteiger partial charge on any atom is -0.335 e. The van der Waals surface area contributed by atoms with E-state index in [2.05, 4.69) is 15.9 Å². The summed E-state index contributed by atoms with van der Waals surface area (Å²) in [6.07, 6.45) is 4.74. The number of hydrogen-bond donors (Lipinski definition) is 1. The molecule has 0 saturated carbocycles. The average Bonchev–Trinajstić information content (AvgIpc) is 2.37. The second-order valence-electron chi connectivity index (χ2n) is 4.23. The zero-order valence-corrected chi connectivity index (χ0v) is 12.4. The molecule has 0 aromatic heterocycles. The number of halogens is 1. The van der Waals surface area contributed by atoms with Crippen molar-refractivity contribution in [2.75, 3.05) is 13.1 Å². The van der Waals surface area contributed by atoms with Crippen LogP contribution in [-0.4, -0.2) is 32.3 Å². The van der Waals surface area contributed by atoms with E-state index in [4.69, 9.17) is 5.14 Å². The standard InChI is InChI=1S/C12H13BrN2O3S/c13-10-6-9(7-11(8-10)19(14,17)18)12(16)15-4-2-1-3-5-15/h1-2,6-8H,3-5H2,(H2,14,17,18). The van der Waals surface area contributed by atoms with Gasteiger partial charge in [0.25, 0.3) is 5.91 Å². The lowest BCUT2D eigenvalue weighted by Crippen LogP contribution is -2.33. The second kappa shape index (κ2) is 5.44. The summed E-state index contributed by atoms with van der Waals surface area (Å²) in [5, 5.41) is 5.09. The summed E-state index contributed by atoms with van der Waals surface area (Å²) in [4.78, 5) is 13.9. The normalized spacial score (nSPS) is 15.6. The van der Waals surface area contributed by atoms with Crippen LogP contribution in [0, 0.1) is 0 Å². The van der Waals surface area contributed by atoms with E-state index in [1.807, 2.05) is 12.2 Å². The summed E-state index contributed by atoms with van der Waals surface area (Å²) < 4.78 is 23.2. The number of amides is 1. The molecule has 5 nitrogen and oxygen atoms in total. The molecule has 0 fully saturated rings. The van der Waals surface area contributed by atoms with Crippen LogP contribution in [0.1, 0.15) is 16.8 Å². The number of primary sulfonamides is 1. The zero-order chi connectivity index (χ0) is 14.0. The van der Waals surface area contributed by atoms with E-state index >= 15 is 0 Å². The summed E-state index contributed by atoms with van der Waals surface area (Å²) in [6.45, 7) is 1.17.